The van der Waals surface area contributed by atoms with E-state index in [4.69, 9.17) is 10.3 Å². The number of aromatic nitrogens is 2. The topological polar surface area (TPSA) is 64.9 Å². The fourth-order valence-corrected chi connectivity index (χ4v) is 2.07. The molecule has 0 saturated heterocycles. The Hall–Kier alpha value is -2.62. The molecule has 0 aliphatic rings. The van der Waals surface area contributed by atoms with Gasteiger partial charge in [0, 0.05) is 16.8 Å². The average Bonchev–Trinajstić information content (AvgIpc) is 2.92. The lowest BCUT2D eigenvalue weighted by atomic mass is 10.0. The van der Waals surface area contributed by atoms with Gasteiger partial charge in [0.05, 0.1) is 0 Å². The van der Waals surface area contributed by atoms with Gasteiger partial charge in [0.1, 0.15) is 0 Å². The normalized spacial score (nSPS) is 10.7. The van der Waals surface area contributed by atoms with Gasteiger partial charge in [-0.2, -0.15) is 4.98 Å². The van der Waals surface area contributed by atoms with Crippen LogP contribution in [0.5, 0.6) is 0 Å². The second kappa shape index (κ2) is 4.81. The maximum absolute atomic E-state index is 5.67. The van der Waals surface area contributed by atoms with Crippen molar-refractivity contribution >= 4 is 5.69 Å². The predicted molar refractivity (Wildman–Crippen MR) is 79.1 cm³/mol. The molecule has 2 aromatic carbocycles. The van der Waals surface area contributed by atoms with Gasteiger partial charge in [-0.25, -0.2) is 0 Å². The van der Waals surface area contributed by atoms with Crippen LogP contribution in [-0.4, -0.2) is 10.1 Å². The average molecular weight is 265 g/mol. The van der Waals surface area contributed by atoms with Crippen LogP contribution in [0.1, 0.15) is 11.1 Å². The summed E-state index contributed by atoms with van der Waals surface area (Å²) in [6.45, 7) is 4.12. The number of aryl methyl sites for hydroxylation is 1. The van der Waals surface area contributed by atoms with Crippen LogP contribution in [0.3, 0.4) is 0 Å². The molecule has 0 aliphatic heterocycles. The Balaban J connectivity index is 2.02. The van der Waals surface area contributed by atoms with E-state index in [2.05, 4.69) is 30.1 Å². The third-order valence-corrected chi connectivity index (χ3v) is 3.43. The van der Waals surface area contributed by atoms with Crippen LogP contribution in [0.15, 0.2) is 47.0 Å². The molecule has 0 saturated carbocycles. The molecule has 20 heavy (non-hydrogen) atoms. The lowest BCUT2D eigenvalue weighted by Gasteiger charge is -2.03. The first-order valence-electron chi connectivity index (χ1n) is 6.41. The van der Waals surface area contributed by atoms with Gasteiger partial charge in [-0.05, 0) is 55.3 Å². The van der Waals surface area contributed by atoms with Crippen LogP contribution in [0.4, 0.5) is 5.69 Å². The SMILES string of the molecule is Cc1cccc(-c2nc(-c3ccc(N)cc3)no2)c1C. The third-order valence-electron chi connectivity index (χ3n) is 3.43. The largest absolute Gasteiger partial charge is 0.399 e. The molecule has 0 atom stereocenters. The molecule has 4 heteroatoms. The number of anilines is 1. The smallest absolute Gasteiger partial charge is 0.258 e. The van der Waals surface area contributed by atoms with Crippen LogP contribution >= 0.6 is 0 Å². The van der Waals surface area contributed by atoms with Gasteiger partial charge >= 0.3 is 0 Å². The lowest BCUT2D eigenvalue weighted by molar-refractivity contribution is 0.432. The van der Waals surface area contributed by atoms with Crippen LogP contribution in [0, 0.1) is 13.8 Å². The first-order valence-corrected chi connectivity index (χ1v) is 6.41. The molecule has 0 amide bonds. The minimum Gasteiger partial charge on any atom is -0.399 e. The highest BCUT2D eigenvalue weighted by Crippen LogP contribution is 2.26. The van der Waals surface area contributed by atoms with E-state index in [0.29, 0.717) is 17.4 Å². The molecule has 0 bridgehead atoms. The van der Waals surface area contributed by atoms with Gasteiger partial charge in [-0.3, -0.25) is 0 Å². The quantitative estimate of drug-likeness (QED) is 0.719. The summed E-state index contributed by atoms with van der Waals surface area (Å²) in [4.78, 5) is 4.46. The monoisotopic (exact) mass is 265 g/mol. The molecule has 0 spiro atoms. The lowest BCUT2D eigenvalue weighted by Crippen LogP contribution is -1.87. The molecular formula is C16H15N3O. The van der Waals surface area contributed by atoms with E-state index in [1.165, 1.54) is 5.56 Å². The van der Waals surface area contributed by atoms with E-state index in [1.807, 2.05) is 36.4 Å². The van der Waals surface area contributed by atoms with Crippen molar-refractivity contribution in [3.63, 3.8) is 0 Å². The summed E-state index contributed by atoms with van der Waals surface area (Å²) in [5, 5.41) is 4.04. The fourth-order valence-electron chi connectivity index (χ4n) is 2.07. The summed E-state index contributed by atoms with van der Waals surface area (Å²) in [7, 11) is 0. The van der Waals surface area contributed by atoms with Crippen LogP contribution in [0.2, 0.25) is 0 Å². The number of rotatable bonds is 2. The number of nitrogens with zero attached hydrogens (tertiary/aromatic N) is 2. The van der Waals surface area contributed by atoms with Crippen LogP contribution in [0.25, 0.3) is 22.8 Å². The van der Waals surface area contributed by atoms with E-state index in [9.17, 15) is 0 Å². The number of hydrogen-bond donors (Lipinski definition) is 1. The zero-order valence-corrected chi connectivity index (χ0v) is 11.4. The standard InChI is InChI=1S/C16H15N3O/c1-10-4-3-5-14(11(10)2)16-18-15(19-20-16)12-6-8-13(17)9-7-12/h3-9H,17H2,1-2H3. The molecule has 3 rings (SSSR count). The minimum absolute atomic E-state index is 0.540. The molecule has 0 aliphatic carbocycles. The highest BCUT2D eigenvalue weighted by molar-refractivity contribution is 5.64. The Morgan fingerprint density at radius 2 is 1.75 bits per heavy atom. The molecule has 1 heterocycles. The van der Waals surface area contributed by atoms with Gasteiger partial charge in [0.25, 0.3) is 5.89 Å². The number of nitrogens with two attached hydrogens (primary N) is 1. The Bertz CT molecular complexity index is 745. The first kappa shape index (κ1) is 12.4. The molecule has 1 aromatic heterocycles. The van der Waals surface area contributed by atoms with Crippen molar-refractivity contribution in [2.24, 2.45) is 0 Å². The van der Waals surface area contributed by atoms with Gasteiger partial charge in [-0.15, -0.1) is 0 Å². The number of benzene rings is 2. The summed E-state index contributed by atoms with van der Waals surface area (Å²) in [5.41, 5.74) is 10.6. The molecular weight excluding hydrogens is 250 g/mol. The summed E-state index contributed by atoms with van der Waals surface area (Å²) < 4.78 is 5.38. The van der Waals surface area contributed by atoms with Gasteiger partial charge < -0.3 is 10.3 Å². The van der Waals surface area contributed by atoms with Gasteiger partial charge in [0.15, 0.2) is 0 Å². The molecule has 0 fully saturated rings. The second-order valence-electron chi connectivity index (χ2n) is 4.79. The molecule has 100 valence electrons. The van der Waals surface area contributed by atoms with Crippen molar-refractivity contribution < 1.29 is 4.52 Å². The van der Waals surface area contributed by atoms with Crippen LogP contribution < -0.4 is 5.73 Å². The summed E-state index contributed by atoms with van der Waals surface area (Å²) in [6, 6.07) is 13.5. The molecule has 2 N–H and O–H groups in total. The van der Waals surface area contributed by atoms with Gasteiger partial charge in [-0.1, -0.05) is 17.3 Å². The Labute approximate surface area is 117 Å². The van der Waals surface area contributed by atoms with Crippen LogP contribution in [-0.2, 0) is 0 Å². The van der Waals surface area contributed by atoms with E-state index in [0.717, 1.165) is 16.7 Å². The van der Waals surface area contributed by atoms with Gasteiger partial charge in [0.2, 0.25) is 5.82 Å². The second-order valence-corrected chi connectivity index (χ2v) is 4.79. The van der Waals surface area contributed by atoms with Crippen molar-refractivity contribution in [2.75, 3.05) is 5.73 Å². The Morgan fingerprint density at radius 1 is 1.00 bits per heavy atom. The van der Waals surface area contributed by atoms with Crippen molar-refractivity contribution in [1.82, 2.24) is 10.1 Å². The minimum atomic E-state index is 0.540. The summed E-state index contributed by atoms with van der Waals surface area (Å²) in [6.07, 6.45) is 0. The zero-order chi connectivity index (χ0) is 14.1. The molecule has 3 aromatic rings. The highest BCUT2D eigenvalue weighted by atomic mass is 16.5. The van der Waals surface area contributed by atoms with E-state index in [-0.39, 0.29) is 0 Å². The summed E-state index contributed by atoms with van der Waals surface area (Å²) >= 11 is 0. The number of nitrogen functional groups attached to an aromatic ring is 1. The van der Waals surface area contributed by atoms with Crippen molar-refractivity contribution in [2.45, 2.75) is 13.8 Å². The van der Waals surface area contributed by atoms with Crippen molar-refractivity contribution in [3.8, 4) is 22.8 Å². The van der Waals surface area contributed by atoms with Crippen molar-refractivity contribution in [3.05, 3.63) is 53.6 Å². The highest BCUT2D eigenvalue weighted by Gasteiger charge is 2.13. The zero-order valence-electron chi connectivity index (χ0n) is 11.4. The first-order chi connectivity index (χ1) is 9.65. The summed E-state index contributed by atoms with van der Waals surface area (Å²) in [5.74, 6) is 1.11. The molecule has 0 unspecified atom stereocenters. The number of hydrogen-bond acceptors (Lipinski definition) is 4. The maximum Gasteiger partial charge on any atom is 0.258 e. The predicted octanol–water partition coefficient (Wildman–Crippen LogP) is 3.60. The van der Waals surface area contributed by atoms with E-state index >= 15 is 0 Å². The fraction of sp³-hybridized carbons (Fsp3) is 0.125. The third kappa shape index (κ3) is 2.16. The van der Waals surface area contributed by atoms with Crippen molar-refractivity contribution in [1.29, 1.82) is 0 Å². The van der Waals surface area contributed by atoms with E-state index in [1.54, 1.807) is 0 Å². The maximum atomic E-state index is 5.67. The Morgan fingerprint density at radius 3 is 2.50 bits per heavy atom. The van der Waals surface area contributed by atoms with E-state index < -0.39 is 0 Å². The molecule has 0 radical (unpaired) electrons. The molecule has 4 nitrogen and oxygen atoms in total. The Kier molecular flexibility index (Phi) is 2.99.